The first-order valence-corrected chi connectivity index (χ1v) is 14.5. The van der Waals surface area contributed by atoms with E-state index in [1.807, 2.05) is 25.1 Å². The predicted octanol–water partition coefficient (Wildman–Crippen LogP) is 6.91. The fourth-order valence-electron chi connectivity index (χ4n) is 4.13. The van der Waals surface area contributed by atoms with Gasteiger partial charge in [-0.3, -0.25) is 14.0 Å². The Morgan fingerprint density at radius 3 is 2.37 bits per heavy atom. The summed E-state index contributed by atoms with van der Waals surface area (Å²) < 4.78 is 34.4. The zero-order valence-corrected chi connectivity index (χ0v) is 23.1. The van der Waals surface area contributed by atoms with Crippen LogP contribution in [0.2, 0.25) is 5.02 Å². The standard InChI is InChI=1S/C28H24ClN3O4S2/c1-3-32(21-8-5-4-6-9-21)38(34,35)23-14-12-20(13-15-23)27(33)31(18-22-10-7-17-36-22)28-30-25-19(2)11-16-24(29)26(25)37-28/h4-17H,3,18H2,1-2H3. The largest absolute Gasteiger partial charge is 0.467 e. The number of halogens is 1. The summed E-state index contributed by atoms with van der Waals surface area (Å²) in [5.74, 6) is 0.245. The van der Waals surface area contributed by atoms with Crippen LogP contribution in [0.5, 0.6) is 0 Å². The molecule has 3 aromatic carbocycles. The van der Waals surface area contributed by atoms with Gasteiger partial charge in [0.1, 0.15) is 5.76 Å². The number of nitrogens with zero attached hydrogens (tertiary/aromatic N) is 3. The summed E-state index contributed by atoms with van der Waals surface area (Å²) in [7, 11) is -3.82. The van der Waals surface area contributed by atoms with Crippen LogP contribution in [0.4, 0.5) is 10.8 Å². The molecule has 0 bridgehead atoms. The Balaban J connectivity index is 1.49. The minimum atomic E-state index is -3.82. The third kappa shape index (κ3) is 4.92. The normalized spacial score (nSPS) is 11.6. The molecule has 2 heterocycles. The van der Waals surface area contributed by atoms with Crippen LogP contribution in [0.15, 0.2) is 94.4 Å². The Kier molecular flexibility index (Phi) is 7.25. The molecule has 7 nitrogen and oxygen atoms in total. The number of carbonyl (C=O) groups is 1. The molecule has 0 aliphatic carbocycles. The van der Waals surface area contributed by atoms with Gasteiger partial charge in [-0.2, -0.15) is 0 Å². The number of carbonyl (C=O) groups excluding carboxylic acids is 1. The number of amides is 1. The van der Waals surface area contributed by atoms with E-state index in [1.165, 1.54) is 44.8 Å². The average Bonchev–Trinajstić information content (AvgIpc) is 3.61. The van der Waals surface area contributed by atoms with E-state index in [1.54, 1.807) is 49.6 Å². The van der Waals surface area contributed by atoms with E-state index >= 15 is 0 Å². The van der Waals surface area contributed by atoms with Crippen LogP contribution >= 0.6 is 22.9 Å². The van der Waals surface area contributed by atoms with E-state index in [0.717, 1.165) is 15.8 Å². The molecule has 0 saturated heterocycles. The van der Waals surface area contributed by atoms with Crippen molar-refractivity contribution in [3.63, 3.8) is 0 Å². The van der Waals surface area contributed by atoms with Crippen molar-refractivity contribution in [2.75, 3.05) is 15.7 Å². The molecule has 0 aliphatic heterocycles. The summed E-state index contributed by atoms with van der Waals surface area (Å²) in [6, 6.07) is 22.1. The SMILES string of the molecule is CCN(c1ccccc1)S(=O)(=O)c1ccc(C(=O)N(Cc2ccco2)c2nc3c(C)ccc(Cl)c3s2)cc1. The molecule has 0 fully saturated rings. The molecule has 0 saturated carbocycles. The van der Waals surface area contributed by atoms with Crippen molar-refractivity contribution in [1.29, 1.82) is 0 Å². The number of benzene rings is 3. The van der Waals surface area contributed by atoms with Crippen LogP contribution in [-0.4, -0.2) is 25.9 Å². The molecule has 0 radical (unpaired) electrons. The predicted molar refractivity (Wildman–Crippen MR) is 152 cm³/mol. The topological polar surface area (TPSA) is 83.7 Å². The highest BCUT2D eigenvalue weighted by Crippen LogP contribution is 2.37. The van der Waals surface area contributed by atoms with Gasteiger partial charge in [0.25, 0.3) is 15.9 Å². The van der Waals surface area contributed by atoms with Crippen LogP contribution in [0.25, 0.3) is 10.2 Å². The molecule has 38 heavy (non-hydrogen) atoms. The first kappa shape index (κ1) is 26.0. The highest BCUT2D eigenvalue weighted by molar-refractivity contribution is 7.92. The second-order valence-corrected chi connectivity index (χ2v) is 11.8. The smallest absolute Gasteiger partial charge is 0.264 e. The van der Waals surface area contributed by atoms with E-state index in [2.05, 4.69) is 0 Å². The van der Waals surface area contributed by atoms with Crippen molar-refractivity contribution in [3.8, 4) is 0 Å². The number of anilines is 2. The fourth-order valence-corrected chi connectivity index (χ4v) is 6.92. The highest BCUT2D eigenvalue weighted by Gasteiger charge is 2.26. The van der Waals surface area contributed by atoms with Gasteiger partial charge in [-0.05, 0) is 74.0 Å². The van der Waals surface area contributed by atoms with Crippen molar-refractivity contribution in [1.82, 2.24) is 4.98 Å². The third-order valence-corrected chi connectivity index (χ3v) is 9.53. The molecule has 194 valence electrons. The molecule has 1 amide bonds. The van der Waals surface area contributed by atoms with Gasteiger partial charge in [0.2, 0.25) is 0 Å². The summed E-state index contributed by atoms with van der Waals surface area (Å²) in [6.45, 7) is 4.14. The number of thiazole rings is 1. The number of furan rings is 1. The fraction of sp³-hybridized carbons (Fsp3) is 0.143. The minimum absolute atomic E-state index is 0.0970. The summed E-state index contributed by atoms with van der Waals surface area (Å²) in [6.07, 6.45) is 1.54. The molecule has 0 unspecified atom stereocenters. The van der Waals surface area contributed by atoms with E-state index in [4.69, 9.17) is 21.0 Å². The Morgan fingerprint density at radius 1 is 1.00 bits per heavy atom. The van der Waals surface area contributed by atoms with E-state index in [9.17, 15) is 13.2 Å². The Bertz CT molecular complexity index is 1640. The Morgan fingerprint density at radius 2 is 1.74 bits per heavy atom. The van der Waals surface area contributed by atoms with E-state index in [-0.39, 0.29) is 23.9 Å². The highest BCUT2D eigenvalue weighted by atomic mass is 35.5. The second-order valence-electron chi connectivity index (χ2n) is 8.54. The lowest BCUT2D eigenvalue weighted by atomic mass is 10.2. The monoisotopic (exact) mass is 565 g/mol. The number of fused-ring (bicyclic) bond motifs is 1. The quantitative estimate of drug-likeness (QED) is 0.204. The molecule has 10 heteroatoms. The Labute approximate surface area is 230 Å². The first-order valence-electron chi connectivity index (χ1n) is 11.9. The molecule has 0 atom stereocenters. The zero-order valence-electron chi connectivity index (χ0n) is 20.7. The van der Waals surface area contributed by atoms with Crippen LogP contribution < -0.4 is 9.21 Å². The summed E-state index contributed by atoms with van der Waals surface area (Å²) in [5, 5.41) is 1.03. The molecule has 2 aromatic heterocycles. The number of rotatable bonds is 8. The maximum Gasteiger partial charge on any atom is 0.264 e. The van der Waals surface area contributed by atoms with Gasteiger partial charge in [0, 0.05) is 12.1 Å². The molecule has 0 aliphatic rings. The molecule has 0 spiro atoms. The van der Waals surface area contributed by atoms with Crippen LogP contribution in [0.1, 0.15) is 28.6 Å². The van der Waals surface area contributed by atoms with Gasteiger partial charge >= 0.3 is 0 Å². The number of hydrogen-bond acceptors (Lipinski definition) is 6. The summed E-state index contributed by atoms with van der Waals surface area (Å²) in [5.41, 5.74) is 2.58. The number of hydrogen-bond donors (Lipinski definition) is 0. The van der Waals surface area contributed by atoms with Crippen molar-refractivity contribution < 1.29 is 17.6 Å². The first-order chi connectivity index (χ1) is 18.3. The number of para-hydroxylation sites is 1. The molecule has 5 aromatic rings. The average molecular weight is 566 g/mol. The second kappa shape index (κ2) is 10.6. The van der Waals surface area contributed by atoms with Crippen molar-refractivity contribution in [2.24, 2.45) is 0 Å². The van der Waals surface area contributed by atoms with E-state index < -0.39 is 10.0 Å². The van der Waals surface area contributed by atoms with Crippen molar-refractivity contribution in [3.05, 3.63) is 107 Å². The third-order valence-electron chi connectivity index (χ3n) is 6.08. The van der Waals surface area contributed by atoms with Gasteiger partial charge < -0.3 is 4.42 Å². The van der Waals surface area contributed by atoms with Gasteiger partial charge in [0.05, 0.1) is 38.6 Å². The maximum atomic E-state index is 13.7. The molecule has 0 N–H and O–H groups in total. The summed E-state index contributed by atoms with van der Waals surface area (Å²) in [4.78, 5) is 20.1. The lowest BCUT2D eigenvalue weighted by Gasteiger charge is -2.23. The lowest BCUT2D eigenvalue weighted by molar-refractivity contribution is 0.0983. The van der Waals surface area contributed by atoms with E-state index in [0.29, 0.717) is 27.2 Å². The zero-order chi connectivity index (χ0) is 26.9. The number of aryl methyl sites for hydroxylation is 1. The molecule has 5 rings (SSSR count). The molecular weight excluding hydrogens is 542 g/mol. The maximum absolute atomic E-state index is 13.7. The number of aromatic nitrogens is 1. The van der Waals surface area contributed by atoms with Crippen molar-refractivity contribution >= 4 is 59.9 Å². The van der Waals surface area contributed by atoms with Gasteiger partial charge in [-0.1, -0.05) is 47.2 Å². The molecular formula is C28H24ClN3O4S2. The van der Waals surface area contributed by atoms with Crippen molar-refractivity contribution in [2.45, 2.75) is 25.3 Å². The van der Waals surface area contributed by atoms with Crippen LogP contribution in [0, 0.1) is 6.92 Å². The number of sulfonamides is 1. The van der Waals surface area contributed by atoms with Gasteiger partial charge in [0.15, 0.2) is 5.13 Å². The Hall–Kier alpha value is -3.66. The van der Waals surface area contributed by atoms with Gasteiger partial charge in [-0.25, -0.2) is 13.4 Å². The lowest BCUT2D eigenvalue weighted by Crippen LogP contribution is -2.31. The summed E-state index contributed by atoms with van der Waals surface area (Å²) >= 11 is 7.74. The van der Waals surface area contributed by atoms with Crippen LogP contribution in [-0.2, 0) is 16.6 Å². The van der Waals surface area contributed by atoms with Gasteiger partial charge in [-0.15, -0.1) is 0 Å². The van der Waals surface area contributed by atoms with Crippen LogP contribution in [0.3, 0.4) is 0 Å². The minimum Gasteiger partial charge on any atom is -0.467 e.